The Bertz CT molecular complexity index is 818. The van der Waals surface area contributed by atoms with Gasteiger partial charge in [0.1, 0.15) is 12.4 Å². The molecule has 1 unspecified atom stereocenters. The molecule has 1 atom stereocenters. The molecule has 0 radical (unpaired) electrons. The van der Waals surface area contributed by atoms with Gasteiger partial charge in [-0.1, -0.05) is 25.1 Å². The van der Waals surface area contributed by atoms with Crippen LogP contribution in [-0.2, 0) is 4.57 Å². The Hall–Kier alpha value is -1.40. The summed E-state index contributed by atoms with van der Waals surface area (Å²) in [6, 6.07) is 15.4. The lowest BCUT2D eigenvalue weighted by molar-refractivity contribution is 0.294. The molecule has 0 amide bonds. The van der Waals surface area contributed by atoms with Gasteiger partial charge < -0.3 is 9.63 Å². The molecule has 28 heavy (non-hydrogen) atoms. The molecule has 0 fully saturated rings. The van der Waals surface area contributed by atoms with E-state index >= 15 is 0 Å². The first-order chi connectivity index (χ1) is 13.5. The summed E-state index contributed by atoms with van der Waals surface area (Å²) in [5, 5.41) is 0. The van der Waals surface area contributed by atoms with E-state index < -0.39 is 6.72 Å². The Balaban J connectivity index is 2.06. The van der Waals surface area contributed by atoms with Gasteiger partial charge in [0, 0.05) is 10.6 Å². The molecule has 0 aromatic heterocycles. The highest BCUT2D eigenvalue weighted by atomic mass is 32.7. The fourth-order valence-electron chi connectivity index (χ4n) is 2.34. The summed E-state index contributed by atoms with van der Waals surface area (Å²) in [5.41, 5.74) is 1.78. The van der Waals surface area contributed by atoms with Crippen LogP contribution < -0.4 is 4.74 Å². The van der Waals surface area contributed by atoms with E-state index in [1.165, 1.54) is 15.9 Å². The van der Waals surface area contributed by atoms with Gasteiger partial charge in [-0.15, -0.1) is 11.8 Å². The maximum absolute atomic E-state index is 12.8. The first-order valence-corrected chi connectivity index (χ1v) is 13.5. The zero-order chi connectivity index (χ0) is 20.4. The van der Waals surface area contributed by atoms with Gasteiger partial charge >= 0.3 is 6.72 Å². The number of nitrogens with zero attached hydrogens (tertiary/aromatic N) is 2. The molecule has 152 valence electrons. The van der Waals surface area contributed by atoms with Gasteiger partial charge in [0.05, 0.1) is 18.6 Å². The van der Waals surface area contributed by atoms with Crippen LogP contribution in [0.1, 0.15) is 18.9 Å². The molecule has 0 heterocycles. The van der Waals surface area contributed by atoms with Crippen LogP contribution in [0.4, 0.5) is 5.69 Å². The molecule has 8 heteroatoms. The third-order valence-corrected chi connectivity index (χ3v) is 8.64. The van der Waals surface area contributed by atoms with E-state index in [0.29, 0.717) is 5.75 Å². The van der Waals surface area contributed by atoms with Crippen LogP contribution in [0.25, 0.3) is 0 Å². The third-order valence-electron chi connectivity index (χ3n) is 3.84. The molecule has 0 spiro atoms. The van der Waals surface area contributed by atoms with Crippen molar-refractivity contribution in [3.8, 4) is 5.75 Å². The Labute approximate surface area is 175 Å². The third kappa shape index (κ3) is 7.21. The summed E-state index contributed by atoms with van der Waals surface area (Å²) in [4.78, 5) is 16.0. The maximum Gasteiger partial charge on any atom is 0.351 e. The van der Waals surface area contributed by atoms with Crippen LogP contribution in [-0.4, -0.2) is 41.1 Å². The van der Waals surface area contributed by atoms with Crippen molar-refractivity contribution in [2.24, 2.45) is 4.99 Å². The van der Waals surface area contributed by atoms with Crippen LogP contribution in [0, 0.1) is 6.92 Å². The van der Waals surface area contributed by atoms with Crippen LogP contribution in [0.3, 0.4) is 0 Å². The van der Waals surface area contributed by atoms with Crippen LogP contribution in [0.15, 0.2) is 58.4 Å². The second-order valence-electron chi connectivity index (χ2n) is 6.05. The lowest BCUT2D eigenvalue weighted by atomic mass is 10.2. The molecule has 0 aliphatic heterocycles. The molecular formula is C20H27N2O3PS2. The SMILES string of the molecule is CCCSP(=O)(O)N(C=Nc1ccccc1)CCOc1ccc(SC)cc1C. The Morgan fingerprint density at radius 2 is 2.00 bits per heavy atom. The van der Waals surface area contributed by atoms with E-state index in [4.69, 9.17) is 4.74 Å². The minimum atomic E-state index is -3.58. The summed E-state index contributed by atoms with van der Waals surface area (Å²) in [6.07, 6.45) is 4.31. The van der Waals surface area contributed by atoms with E-state index in [9.17, 15) is 9.46 Å². The molecule has 2 aromatic rings. The number of aryl methyl sites for hydroxylation is 1. The molecule has 2 rings (SSSR count). The van der Waals surface area contributed by atoms with Gasteiger partial charge in [-0.3, -0.25) is 9.24 Å². The van der Waals surface area contributed by atoms with Crippen LogP contribution in [0.5, 0.6) is 5.75 Å². The summed E-state index contributed by atoms with van der Waals surface area (Å²) in [5.74, 6) is 1.39. The van der Waals surface area contributed by atoms with E-state index in [1.54, 1.807) is 11.8 Å². The average Bonchev–Trinajstić information content (AvgIpc) is 2.70. The number of hydrogen-bond acceptors (Lipinski definition) is 5. The monoisotopic (exact) mass is 438 g/mol. The van der Waals surface area contributed by atoms with Crippen molar-refractivity contribution in [3.05, 3.63) is 54.1 Å². The first kappa shape index (κ1) is 22.9. The standard InChI is InChI=1S/C20H27N2O3PS2/c1-4-14-28-26(23,24)22(16-21-18-8-6-5-7-9-18)12-13-25-20-11-10-19(27-3)15-17(20)2/h5-11,15-16H,4,12-14H2,1-3H3,(H,23,24). The molecule has 0 saturated carbocycles. The van der Waals surface area contributed by atoms with Crippen molar-refractivity contribution in [1.82, 2.24) is 4.67 Å². The van der Waals surface area contributed by atoms with E-state index in [1.807, 2.05) is 62.6 Å². The Morgan fingerprint density at radius 1 is 1.25 bits per heavy atom. The van der Waals surface area contributed by atoms with Gasteiger partial charge in [0.15, 0.2) is 0 Å². The van der Waals surface area contributed by atoms with Crippen molar-refractivity contribution in [1.29, 1.82) is 0 Å². The molecule has 5 nitrogen and oxygen atoms in total. The quantitative estimate of drug-likeness (QED) is 0.201. The number of ether oxygens (including phenoxy) is 1. The van der Waals surface area contributed by atoms with Gasteiger partial charge in [0.25, 0.3) is 0 Å². The predicted molar refractivity (Wildman–Crippen MR) is 122 cm³/mol. The van der Waals surface area contributed by atoms with Crippen molar-refractivity contribution >= 4 is 41.9 Å². The molecule has 0 bridgehead atoms. The molecule has 0 aliphatic rings. The van der Waals surface area contributed by atoms with Gasteiger partial charge in [-0.05, 0) is 66.9 Å². The van der Waals surface area contributed by atoms with Gasteiger partial charge in [0.2, 0.25) is 0 Å². The molecular weight excluding hydrogens is 411 g/mol. The van der Waals surface area contributed by atoms with E-state index in [2.05, 4.69) is 11.1 Å². The number of hydrogen-bond donors (Lipinski definition) is 1. The van der Waals surface area contributed by atoms with E-state index in [-0.39, 0.29) is 13.2 Å². The summed E-state index contributed by atoms with van der Waals surface area (Å²) in [7, 11) is 0. The number of benzene rings is 2. The van der Waals surface area contributed by atoms with Gasteiger partial charge in [-0.25, -0.2) is 4.99 Å². The largest absolute Gasteiger partial charge is 0.491 e. The molecule has 1 N–H and O–H groups in total. The van der Waals surface area contributed by atoms with Crippen molar-refractivity contribution in [2.75, 3.05) is 25.2 Å². The highest BCUT2D eigenvalue weighted by molar-refractivity contribution is 8.55. The molecule has 2 aromatic carbocycles. The number of thioether (sulfide) groups is 1. The Kier molecular flexibility index (Phi) is 9.45. The van der Waals surface area contributed by atoms with Crippen LogP contribution in [0.2, 0.25) is 0 Å². The van der Waals surface area contributed by atoms with Crippen molar-refractivity contribution in [2.45, 2.75) is 25.2 Å². The Morgan fingerprint density at radius 3 is 2.64 bits per heavy atom. The summed E-state index contributed by atoms with van der Waals surface area (Å²) < 4.78 is 20.0. The molecule has 0 saturated heterocycles. The number of rotatable bonds is 11. The highest BCUT2D eigenvalue weighted by Gasteiger charge is 2.26. The summed E-state index contributed by atoms with van der Waals surface area (Å²) in [6.45, 7) is 0.956. The zero-order valence-corrected chi connectivity index (χ0v) is 19.0. The fourth-order valence-corrected chi connectivity index (χ4v) is 6.00. The lowest BCUT2D eigenvalue weighted by Crippen LogP contribution is -2.23. The first-order valence-electron chi connectivity index (χ1n) is 9.07. The number of para-hydroxylation sites is 1. The fraction of sp³-hybridized carbons (Fsp3) is 0.350. The minimum Gasteiger partial charge on any atom is -0.491 e. The smallest absolute Gasteiger partial charge is 0.351 e. The second-order valence-corrected chi connectivity index (χ2v) is 11.3. The molecule has 0 aliphatic carbocycles. The normalized spacial score (nSPS) is 13.4. The number of aliphatic imine (C=N–C) groups is 1. The highest BCUT2D eigenvalue weighted by Crippen LogP contribution is 2.57. The lowest BCUT2D eigenvalue weighted by Gasteiger charge is -2.24. The summed E-state index contributed by atoms with van der Waals surface area (Å²) >= 11 is 2.75. The van der Waals surface area contributed by atoms with Crippen molar-refractivity contribution in [3.63, 3.8) is 0 Å². The maximum atomic E-state index is 12.8. The van der Waals surface area contributed by atoms with E-state index in [0.717, 1.165) is 34.8 Å². The zero-order valence-electron chi connectivity index (χ0n) is 16.4. The van der Waals surface area contributed by atoms with Gasteiger partial charge in [-0.2, -0.15) is 0 Å². The minimum absolute atomic E-state index is 0.268. The second kappa shape index (κ2) is 11.6. The van der Waals surface area contributed by atoms with Crippen LogP contribution >= 0.6 is 29.9 Å². The average molecular weight is 439 g/mol. The topological polar surface area (TPSA) is 62.1 Å². The predicted octanol–water partition coefficient (Wildman–Crippen LogP) is 6.00. The van der Waals surface area contributed by atoms with Crippen molar-refractivity contribution < 1.29 is 14.2 Å².